The van der Waals surface area contributed by atoms with Crippen molar-refractivity contribution in [3.05, 3.63) is 28.0 Å². The molecule has 2 rings (SSSR count). The van der Waals surface area contributed by atoms with Crippen molar-refractivity contribution in [3.63, 3.8) is 0 Å². The molecule has 1 unspecified atom stereocenters. The average Bonchev–Trinajstić information content (AvgIpc) is 2.94. The minimum atomic E-state index is -1.08. The molecule has 2 aromatic heterocycles. The molecule has 0 aromatic carbocycles. The molecule has 8 heteroatoms. The van der Waals surface area contributed by atoms with Crippen LogP contribution in [0.2, 0.25) is 0 Å². The number of nitrogens with two attached hydrogens (primary N) is 1. The number of aromatic nitrogens is 3. The van der Waals surface area contributed by atoms with Gasteiger partial charge in [0.25, 0.3) is 0 Å². The van der Waals surface area contributed by atoms with Crippen LogP contribution in [0.5, 0.6) is 0 Å². The maximum absolute atomic E-state index is 10.8. The van der Waals surface area contributed by atoms with Gasteiger partial charge in [0.2, 0.25) is 0 Å². The Morgan fingerprint density at radius 3 is 2.85 bits per heavy atom. The Labute approximate surface area is 120 Å². The van der Waals surface area contributed by atoms with E-state index in [0.29, 0.717) is 17.4 Å². The number of nitrogens with zero attached hydrogens (tertiary/aromatic N) is 3. The Balaban J connectivity index is 2.06. The molecule has 0 aliphatic carbocycles. The molecule has 0 aliphatic heterocycles. The van der Waals surface area contributed by atoms with Gasteiger partial charge in [-0.2, -0.15) is 5.10 Å². The molecule has 0 spiro atoms. The van der Waals surface area contributed by atoms with Crippen LogP contribution in [0.3, 0.4) is 0 Å². The number of thiazole rings is 1. The molecule has 20 heavy (non-hydrogen) atoms. The normalized spacial score (nSPS) is 12.4. The zero-order chi connectivity index (χ0) is 14.9. The number of carbonyl (C=O) groups is 1. The molecule has 2 aromatic rings. The second-order valence-electron chi connectivity index (χ2n) is 4.52. The van der Waals surface area contributed by atoms with E-state index in [4.69, 9.17) is 10.8 Å². The lowest BCUT2D eigenvalue weighted by atomic mass is 10.2. The maximum Gasteiger partial charge on any atom is 0.326 e. The van der Waals surface area contributed by atoms with Gasteiger partial charge in [-0.3, -0.25) is 9.48 Å². The lowest BCUT2D eigenvalue weighted by Gasteiger charge is -2.04. The third-order valence-electron chi connectivity index (χ3n) is 3.18. The maximum atomic E-state index is 10.8. The summed E-state index contributed by atoms with van der Waals surface area (Å²) in [5, 5.41) is 18.7. The molecule has 4 N–H and O–H groups in total. The molecular formula is C12H17N5O2S. The van der Waals surface area contributed by atoms with Crippen molar-refractivity contribution in [1.29, 1.82) is 0 Å². The number of aliphatic carboxylic acids is 1. The number of anilines is 1. The van der Waals surface area contributed by atoms with Gasteiger partial charge in [-0.15, -0.1) is 11.3 Å². The lowest BCUT2D eigenvalue weighted by Crippen LogP contribution is -2.20. The molecular weight excluding hydrogens is 278 g/mol. The van der Waals surface area contributed by atoms with Crippen LogP contribution in [0.25, 0.3) is 0 Å². The van der Waals surface area contributed by atoms with Crippen LogP contribution < -0.4 is 11.1 Å². The van der Waals surface area contributed by atoms with Gasteiger partial charge < -0.3 is 16.2 Å². The van der Waals surface area contributed by atoms with Crippen molar-refractivity contribution in [2.24, 2.45) is 12.8 Å². The van der Waals surface area contributed by atoms with Gasteiger partial charge in [0, 0.05) is 30.2 Å². The molecule has 0 amide bonds. The third-order valence-corrected chi connectivity index (χ3v) is 4.00. The molecule has 1 atom stereocenters. The quantitative estimate of drug-likeness (QED) is 0.765. The number of nitrogens with one attached hydrogen (secondary N) is 1. The second kappa shape index (κ2) is 5.59. The first kappa shape index (κ1) is 14.5. The van der Waals surface area contributed by atoms with E-state index in [0.717, 1.165) is 17.0 Å². The molecule has 0 aliphatic rings. The summed E-state index contributed by atoms with van der Waals surface area (Å²) in [4.78, 5) is 15.0. The van der Waals surface area contributed by atoms with E-state index in [1.165, 1.54) is 11.3 Å². The van der Waals surface area contributed by atoms with Gasteiger partial charge in [0.05, 0.1) is 11.4 Å². The molecule has 2 heterocycles. The van der Waals surface area contributed by atoms with Crippen molar-refractivity contribution < 1.29 is 9.90 Å². The topological polar surface area (TPSA) is 106 Å². The van der Waals surface area contributed by atoms with Crippen LogP contribution in [0.4, 0.5) is 5.13 Å². The number of hydrogen-bond donors (Lipinski definition) is 3. The van der Waals surface area contributed by atoms with Crippen molar-refractivity contribution in [1.82, 2.24) is 14.8 Å². The highest BCUT2D eigenvalue weighted by molar-refractivity contribution is 7.13. The Hall–Kier alpha value is -1.93. The summed E-state index contributed by atoms with van der Waals surface area (Å²) >= 11 is 1.34. The summed E-state index contributed by atoms with van der Waals surface area (Å²) < 4.78 is 1.83. The van der Waals surface area contributed by atoms with Gasteiger partial charge in [-0.05, 0) is 13.8 Å². The average molecular weight is 295 g/mol. The van der Waals surface area contributed by atoms with Crippen LogP contribution in [0.15, 0.2) is 5.38 Å². The summed E-state index contributed by atoms with van der Waals surface area (Å²) in [6.45, 7) is 4.56. The van der Waals surface area contributed by atoms with Crippen molar-refractivity contribution in [2.75, 3.05) is 5.32 Å². The number of carboxylic acid groups (broad SMARTS) is 1. The number of carboxylic acids is 1. The first-order valence-corrected chi connectivity index (χ1v) is 6.95. The lowest BCUT2D eigenvalue weighted by molar-refractivity contribution is -0.138. The summed E-state index contributed by atoms with van der Waals surface area (Å²) in [5.41, 5.74) is 9.06. The van der Waals surface area contributed by atoms with Crippen LogP contribution in [0, 0.1) is 13.8 Å². The first-order chi connectivity index (χ1) is 9.40. The van der Waals surface area contributed by atoms with Gasteiger partial charge in [0.1, 0.15) is 6.04 Å². The zero-order valence-corrected chi connectivity index (χ0v) is 12.4. The third kappa shape index (κ3) is 2.81. The SMILES string of the molecule is Cc1nn(C)c(C)c1CNc1nc(C(N)C(=O)O)cs1. The van der Waals surface area contributed by atoms with Crippen LogP contribution >= 0.6 is 11.3 Å². The molecule has 0 saturated heterocycles. The Kier molecular flexibility index (Phi) is 4.05. The highest BCUT2D eigenvalue weighted by Crippen LogP contribution is 2.21. The van der Waals surface area contributed by atoms with Crippen LogP contribution in [0.1, 0.15) is 28.7 Å². The van der Waals surface area contributed by atoms with E-state index in [9.17, 15) is 4.79 Å². The fourth-order valence-corrected chi connectivity index (χ4v) is 2.62. The number of aryl methyl sites for hydroxylation is 2. The van der Waals surface area contributed by atoms with Crippen molar-refractivity contribution >= 4 is 22.4 Å². The van der Waals surface area contributed by atoms with Crippen molar-refractivity contribution in [2.45, 2.75) is 26.4 Å². The number of hydrogen-bond acceptors (Lipinski definition) is 6. The fourth-order valence-electron chi connectivity index (χ4n) is 1.87. The van der Waals surface area contributed by atoms with E-state index in [1.807, 2.05) is 25.6 Å². The molecule has 0 saturated carbocycles. The summed E-state index contributed by atoms with van der Waals surface area (Å²) in [7, 11) is 1.90. The molecule has 7 nitrogen and oxygen atoms in total. The summed E-state index contributed by atoms with van der Waals surface area (Å²) in [5.74, 6) is -1.08. The fraction of sp³-hybridized carbons (Fsp3) is 0.417. The first-order valence-electron chi connectivity index (χ1n) is 6.07. The van der Waals surface area contributed by atoms with E-state index < -0.39 is 12.0 Å². The van der Waals surface area contributed by atoms with Crippen LogP contribution in [-0.4, -0.2) is 25.8 Å². The van der Waals surface area contributed by atoms with Gasteiger partial charge in [0.15, 0.2) is 5.13 Å². The van der Waals surface area contributed by atoms with E-state index in [2.05, 4.69) is 15.4 Å². The van der Waals surface area contributed by atoms with E-state index >= 15 is 0 Å². The largest absolute Gasteiger partial charge is 0.480 e. The standard InChI is InChI=1S/C12H17N5O2S/c1-6-8(7(2)17(3)16-6)4-14-12-15-9(5-20-12)10(13)11(18)19/h5,10H,4,13H2,1-3H3,(H,14,15)(H,18,19). The zero-order valence-electron chi connectivity index (χ0n) is 11.5. The molecule has 108 valence electrons. The predicted octanol–water partition coefficient (Wildman–Crippen LogP) is 1.19. The highest BCUT2D eigenvalue weighted by Gasteiger charge is 2.18. The monoisotopic (exact) mass is 295 g/mol. The summed E-state index contributed by atoms with van der Waals surface area (Å²) in [6.07, 6.45) is 0. The van der Waals surface area contributed by atoms with Gasteiger partial charge in [-0.25, -0.2) is 4.98 Å². The Morgan fingerprint density at radius 1 is 1.60 bits per heavy atom. The smallest absolute Gasteiger partial charge is 0.326 e. The van der Waals surface area contributed by atoms with Gasteiger partial charge >= 0.3 is 5.97 Å². The molecule has 0 fully saturated rings. The second-order valence-corrected chi connectivity index (χ2v) is 5.38. The highest BCUT2D eigenvalue weighted by atomic mass is 32.1. The molecule has 0 radical (unpaired) electrons. The predicted molar refractivity (Wildman–Crippen MR) is 76.7 cm³/mol. The van der Waals surface area contributed by atoms with E-state index in [1.54, 1.807) is 5.38 Å². The van der Waals surface area contributed by atoms with E-state index in [-0.39, 0.29) is 0 Å². The minimum Gasteiger partial charge on any atom is -0.480 e. The Bertz CT molecular complexity index is 634. The van der Waals surface area contributed by atoms with Crippen molar-refractivity contribution in [3.8, 4) is 0 Å². The minimum absolute atomic E-state index is 0.365. The Morgan fingerprint density at radius 2 is 2.30 bits per heavy atom. The van der Waals surface area contributed by atoms with Gasteiger partial charge in [-0.1, -0.05) is 0 Å². The number of rotatable bonds is 5. The molecule has 0 bridgehead atoms. The van der Waals surface area contributed by atoms with Crippen LogP contribution in [-0.2, 0) is 18.4 Å². The summed E-state index contributed by atoms with van der Waals surface area (Å²) in [6, 6.07) is -1.08.